The number of carbonyl (C=O) groups excluding carboxylic acids is 1. The van der Waals surface area contributed by atoms with E-state index in [1.807, 2.05) is 0 Å². The maximum atomic E-state index is 12.3. The van der Waals surface area contributed by atoms with Crippen molar-refractivity contribution in [2.24, 2.45) is 0 Å². The van der Waals surface area contributed by atoms with Gasteiger partial charge in [-0.25, -0.2) is 9.78 Å². The number of hydrogen-bond donors (Lipinski definition) is 3. The highest BCUT2D eigenvalue weighted by atomic mass is 35.5. The molecule has 1 aliphatic rings. The van der Waals surface area contributed by atoms with Crippen molar-refractivity contribution in [3.05, 3.63) is 36.0 Å². The molecule has 0 bridgehead atoms. The predicted molar refractivity (Wildman–Crippen MR) is 116 cm³/mol. The van der Waals surface area contributed by atoms with Gasteiger partial charge >= 0.3 is 12.4 Å². The van der Waals surface area contributed by atoms with E-state index in [1.165, 1.54) is 12.1 Å². The summed E-state index contributed by atoms with van der Waals surface area (Å²) in [7, 11) is 0. The van der Waals surface area contributed by atoms with Crippen LogP contribution in [0.2, 0.25) is 0 Å². The molecular weight excluding hydrogens is 449 g/mol. The molecule has 1 saturated heterocycles. The number of aromatic nitrogens is 2. The van der Waals surface area contributed by atoms with E-state index in [-0.39, 0.29) is 28.8 Å². The lowest BCUT2D eigenvalue weighted by Crippen LogP contribution is -2.46. The number of rotatable bonds is 6. The van der Waals surface area contributed by atoms with Crippen molar-refractivity contribution in [2.45, 2.75) is 38.0 Å². The van der Waals surface area contributed by atoms with Crippen LogP contribution >= 0.6 is 11.6 Å². The van der Waals surface area contributed by atoms with Crippen molar-refractivity contribution in [1.82, 2.24) is 14.9 Å². The zero-order valence-corrected chi connectivity index (χ0v) is 18.3. The summed E-state index contributed by atoms with van der Waals surface area (Å²) in [5.41, 5.74) is 0.926. The van der Waals surface area contributed by atoms with Crippen LogP contribution in [0.1, 0.15) is 19.0 Å². The minimum absolute atomic E-state index is 0.0421. The number of hydrogen-bond acceptors (Lipinski definition) is 6. The fourth-order valence-electron chi connectivity index (χ4n) is 3.40. The van der Waals surface area contributed by atoms with Crippen molar-refractivity contribution in [3.63, 3.8) is 0 Å². The molecule has 174 valence electrons. The van der Waals surface area contributed by atoms with Crippen molar-refractivity contribution in [1.29, 1.82) is 0 Å². The molecule has 1 aromatic heterocycles. The number of aryl methyl sites for hydroxylation is 1. The van der Waals surface area contributed by atoms with Crippen LogP contribution in [0, 0.1) is 6.92 Å². The molecule has 8 nitrogen and oxygen atoms in total. The van der Waals surface area contributed by atoms with Gasteiger partial charge in [0, 0.05) is 42.0 Å². The summed E-state index contributed by atoms with van der Waals surface area (Å²) in [6.07, 6.45) is -3.99. The predicted octanol–water partition coefficient (Wildman–Crippen LogP) is 4.44. The van der Waals surface area contributed by atoms with Crippen molar-refractivity contribution in [3.8, 4) is 5.75 Å². The average molecular weight is 473 g/mol. The number of likely N-dealkylation sites (N-methyl/N-ethyl adjacent to an activating group) is 1. The number of halogens is 4. The summed E-state index contributed by atoms with van der Waals surface area (Å²) in [6, 6.07) is 6.02. The van der Waals surface area contributed by atoms with Crippen LogP contribution < -0.4 is 20.7 Å². The smallest absolute Gasteiger partial charge is 0.406 e. The number of alkyl halides is 4. The van der Waals surface area contributed by atoms with Crippen LogP contribution in [0.25, 0.3) is 0 Å². The first-order valence-corrected chi connectivity index (χ1v) is 10.5. The van der Waals surface area contributed by atoms with Crippen LogP contribution in [-0.2, 0) is 0 Å². The van der Waals surface area contributed by atoms with Gasteiger partial charge in [0.25, 0.3) is 0 Å². The third-order valence-electron chi connectivity index (χ3n) is 4.70. The van der Waals surface area contributed by atoms with Gasteiger partial charge in [-0.2, -0.15) is 4.98 Å². The summed E-state index contributed by atoms with van der Waals surface area (Å²) in [4.78, 5) is 23.1. The number of carbonyl (C=O) groups is 1. The lowest BCUT2D eigenvalue weighted by atomic mass is 10.1. The molecule has 2 heterocycles. The Labute approximate surface area is 188 Å². The second-order valence-electron chi connectivity index (χ2n) is 7.40. The third kappa shape index (κ3) is 7.41. The highest BCUT2D eigenvalue weighted by Crippen LogP contribution is 2.24. The number of ether oxygens (including phenoxy) is 1. The third-order valence-corrected chi connectivity index (χ3v) is 5.02. The van der Waals surface area contributed by atoms with E-state index < -0.39 is 12.4 Å². The summed E-state index contributed by atoms with van der Waals surface area (Å²) in [6.45, 7) is 6.44. The fourth-order valence-corrected chi connectivity index (χ4v) is 3.81. The number of amides is 2. The Hall–Kier alpha value is -2.79. The molecule has 0 saturated carbocycles. The number of nitrogens with one attached hydrogen (secondary N) is 3. The number of likely N-dealkylation sites (tertiary alicyclic amines) is 1. The van der Waals surface area contributed by atoms with Crippen molar-refractivity contribution < 1.29 is 22.7 Å². The van der Waals surface area contributed by atoms with Crippen LogP contribution in [0.5, 0.6) is 5.75 Å². The first kappa shape index (κ1) is 23.9. The molecule has 2 amide bonds. The van der Waals surface area contributed by atoms with Gasteiger partial charge in [-0.15, -0.1) is 24.8 Å². The Kier molecular flexibility index (Phi) is 7.62. The van der Waals surface area contributed by atoms with Crippen molar-refractivity contribution >= 4 is 35.1 Å². The molecule has 2 atom stereocenters. The molecule has 2 aromatic rings. The molecule has 0 aliphatic carbocycles. The Balaban J connectivity index is 1.60. The maximum absolute atomic E-state index is 12.3. The molecule has 1 aliphatic heterocycles. The molecule has 1 fully saturated rings. The van der Waals surface area contributed by atoms with Crippen LogP contribution in [-0.4, -0.2) is 58.3 Å². The maximum Gasteiger partial charge on any atom is 0.573 e. The van der Waals surface area contributed by atoms with Gasteiger partial charge in [0.2, 0.25) is 5.95 Å². The number of urea groups is 1. The molecule has 0 spiro atoms. The van der Waals surface area contributed by atoms with Gasteiger partial charge in [0.05, 0.1) is 0 Å². The van der Waals surface area contributed by atoms with Gasteiger partial charge in [-0.1, -0.05) is 6.92 Å². The quantitative estimate of drug-likeness (QED) is 0.538. The molecule has 3 rings (SSSR count). The summed E-state index contributed by atoms with van der Waals surface area (Å²) >= 11 is 6.36. The summed E-state index contributed by atoms with van der Waals surface area (Å²) in [5.74, 6) is 0.269. The fraction of sp³-hybridized carbons (Fsp3) is 0.450. The largest absolute Gasteiger partial charge is 0.573 e. The molecular formula is C20H24ClF3N6O2. The highest BCUT2D eigenvalue weighted by Gasteiger charge is 2.31. The molecule has 3 N–H and O–H groups in total. The van der Waals surface area contributed by atoms with E-state index in [0.29, 0.717) is 11.5 Å². The SMILES string of the molecule is CCN1CC(Cl)CC(Nc2cc(C)nc(NC(=O)Nc3ccc(OC(F)(F)F)cc3)n2)C1. The Morgan fingerprint density at radius 3 is 2.59 bits per heavy atom. The number of piperidine rings is 1. The number of nitrogens with zero attached hydrogens (tertiary/aromatic N) is 3. The lowest BCUT2D eigenvalue weighted by molar-refractivity contribution is -0.274. The van der Waals surface area contributed by atoms with Crippen LogP contribution in [0.4, 0.5) is 35.4 Å². The van der Waals surface area contributed by atoms with E-state index in [4.69, 9.17) is 11.6 Å². The van der Waals surface area contributed by atoms with Gasteiger partial charge in [-0.05, 0) is 44.2 Å². The van der Waals surface area contributed by atoms with Gasteiger partial charge < -0.3 is 20.3 Å². The Morgan fingerprint density at radius 1 is 1.22 bits per heavy atom. The van der Waals surface area contributed by atoms with E-state index in [9.17, 15) is 18.0 Å². The summed E-state index contributed by atoms with van der Waals surface area (Å²) in [5, 5.41) is 8.43. The Morgan fingerprint density at radius 2 is 1.94 bits per heavy atom. The molecule has 1 aromatic carbocycles. The standard InChI is InChI=1S/C20H24ClF3N6O2/c1-3-30-10-13(21)9-15(11-30)26-17-8-12(2)25-18(28-17)29-19(31)27-14-4-6-16(7-5-14)32-20(22,23)24/h4-8,13,15H,3,9-11H2,1-2H3,(H3,25,26,27,28,29,31). The van der Waals surface area contributed by atoms with E-state index >= 15 is 0 Å². The molecule has 2 unspecified atom stereocenters. The van der Waals surface area contributed by atoms with Gasteiger partial charge in [0.15, 0.2) is 0 Å². The normalized spacial score (nSPS) is 19.3. The molecule has 0 radical (unpaired) electrons. The number of anilines is 3. The van der Waals surface area contributed by atoms with E-state index in [0.717, 1.165) is 38.2 Å². The zero-order valence-electron chi connectivity index (χ0n) is 17.5. The van der Waals surface area contributed by atoms with Crippen molar-refractivity contribution in [2.75, 3.05) is 35.6 Å². The van der Waals surface area contributed by atoms with E-state index in [1.54, 1.807) is 13.0 Å². The molecule has 32 heavy (non-hydrogen) atoms. The zero-order chi connectivity index (χ0) is 23.3. The minimum atomic E-state index is -4.78. The van der Waals surface area contributed by atoms with Crippen LogP contribution in [0.3, 0.4) is 0 Å². The number of benzene rings is 1. The first-order chi connectivity index (χ1) is 15.1. The lowest BCUT2D eigenvalue weighted by Gasteiger charge is -2.35. The first-order valence-electron chi connectivity index (χ1n) is 10.0. The Bertz CT molecular complexity index is 929. The average Bonchev–Trinajstić information content (AvgIpc) is 2.67. The second-order valence-corrected chi connectivity index (χ2v) is 8.01. The van der Waals surface area contributed by atoms with Gasteiger partial charge in [0.1, 0.15) is 11.6 Å². The topological polar surface area (TPSA) is 91.4 Å². The van der Waals surface area contributed by atoms with E-state index in [2.05, 4.69) is 42.5 Å². The minimum Gasteiger partial charge on any atom is -0.406 e. The molecule has 12 heteroatoms. The second kappa shape index (κ2) is 10.2. The van der Waals surface area contributed by atoms with Gasteiger partial charge in [-0.3, -0.25) is 5.32 Å². The monoisotopic (exact) mass is 472 g/mol. The highest BCUT2D eigenvalue weighted by molar-refractivity contribution is 6.20. The van der Waals surface area contributed by atoms with Crippen LogP contribution in [0.15, 0.2) is 30.3 Å². The summed E-state index contributed by atoms with van der Waals surface area (Å²) < 4.78 is 40.5.